The maximum atomic E-state index is 12.9. The van der Waals surface area contributed by atoms with E-state index < -0.39 is 12.1 Å². The van der Waals surface area contributed by atoms with Crippen molar-refractivity contribution >= 4 is 17.7 Å². The quantitative estimate of drug-likeness (QED) is 0.550. The maximum Gasteiger partial charge on any atom is 0.391 e. The summed E-state index contributed by atoms with van der Waals surface area (Å²) in [6, 6.07) is 11.1. The molecule has 1 fully saturated rings. The Morgan fingerprint density at radius 2 is 1.87 bits per heavy atom. The lowest BCUT2D eigenvalue weighted by Gasteiger charge is -2.28. The van der Waals surface area contributed by atoms with Crippen LogP contribution in [0.25, 0.3) is 17.3 Å². The van der Waals surface area contributed by atoms with Gasteiger partial charge in [0.2, 0.25) is 11.8 Å². The average Bonchev–Trinajstić information content (AvgIpc) is 2.77. The van der Waals surface area contributed by atoms with Crippen LogP contribution in [-0.4, -0.2) is 24.2 Å². The van der Waals surface area contributed by atoms with Gasteiger partial charge in [-0.25, -0.2) is 4.98 Å². The summed E-state index contributed by atoms with van der Waals surface area (Å²) in [5.74, 6) is -1.15. The molecule has 1 aliphatic rings. The van der Waals surface area contributed by atoms with Crippen LogP contribution in [0.4, 0.5) is 18.9 Å². The Hall–Kier alpha value is -3.09. The second kappa shape index (κ2) is 9.81. The maximum absolute atomic E-state index is 12.9. The number of hydrogen-bond acceptors (Lipinski definition) is 3. The Bertz CT molecular complexity index is 947. The van der Waals surface area contributed by atoms with Gasteiger partial charge >= 0.3 is 6.18 Å². The number of benzene rings is 1. The molecule has 0 saturated heterocycles. The number of ether oxygens (including phenoxy) is 1. The van der Waals surface area contributed by atoms with E-state index in [2.05, 4.69) is 16.9 Å². The van der Waals surface area contributed by atoms with E-state index in [4.69, 9.17) is 4.74 Å². The number of allylic oxidation sites excluding steroid dienone is 1. The van der Waals surface area contributed by atoms with Crippen LogP contribution in [-0.2, 0) is 4.79 Å². The van der Waals surface area contributed by atoms with Gasteiger partial charge in [-0.15, -0.1) is 0 Å². The minimum absolute atomic E-state index is 0.0586. The lowest BCUT2D eigenvalue weighted by atomic mass is 9.81. The van der Waals surface area contributed by atoms with Crippen molar-refractivity contribution in [1.82, 2.24) is 4.98 Å². The predicted molar refractivity (Wildman–Crippen MR) is 116 cm³/mol. The zero-order valence-corrected chi connectivity index (χ0v) is 17.3. The molecule has 1 saturated carbocycles. The molecule has 1 N–H and O–H groups in total. The number of alkyl halides is 3. The number of carbonyl (C=O) groups is 1. The van der Waals surface area contributed by atoms with Crippen LogP contribution < -0.4 is 10.1 Å². The molecule has 0 bridgehead atoms. The zero-order chi connectivity index (χ0) is 22.4. The Morgan fingerprint density at radius 1 is 1.19 bits per heavy atom. The molecule has 1 heterocycles. The summed E-state index contributed by atoms with van der Waals surface area (Å²) in [7, 11) is 1.50. The standard InChI is InChI=1S/C24H25F3N2O2/c1-3-21(30)28-20-15-18(12-9-16-10-13-19(14-11-16)24(25,26)27)23(31-2)29-22(20)17-7-5-4-6-8-17/h3-9,12,15-16,19H,1,10-11,13-14H2,2H3,(H,28,30)/b12-9+. The van der Waals surface area contributed by atoms with Crippen molar-refractivity contribution in [2.24, 2.45) is 11.8 Å². The van der Waals surface area contributed by atoms with E-state index in [1.54, 1.807) is 6.07 Å². The molecule has 0 unspecified atom stereocenters. The zero-order valence-electron chi connectivity index (χ0n) is 17.3. The first-order valence-electron chi connectivity index (χ1n) is 10.1. The predicted octanol–water partition coefficient (Wildman–Crippen LogP) is 6.26. The van der Waals surface area contributed by atoms with Crippen molar-refractivity contribution in [3.05, 3.63) is 60.7 Å². The van der Waals surface area contributed by atoms with E-state index in [0.29, 0.717) is 35.7 Å². The molecule has 3 rings (SSSR count). The number of hydrogen-bond donors (Lipinski definition) is 1. The fourth-order valence-electron chi connectivity index (χ4n) is 3.77. The van der Waals surface area contributed by atoms with Crippen molar-refractivity contribution in [3.8, 4) is 17.1 Å². The molecule has 0 aliphatic heterocycles. The molecule has 0 radical (unpaired) electrons. The van der Waals surface area contributed by atoms with Crippen LogP contribution in [0.15, 0.2) is 55.1 Å². The number of rotatable bonds is 6. The molecule has 1 aliphatic carbocycles. The van der Waals surface area contributed by atoms with Gasteiger partial charge in [0.25, 0.3) is 0 Å². The molecule has 0 spiro atoms. The highest BCUT2D eigenvalue weighted by molar-refractivity contribution is 6.01. The fraction of sp³-hybridized carbons (Fsp3) is 0.333. The largest absolute Gasteiger partial charge is 0.481 e. The average molecular weight is 430 g/mol. The topological polar surface area (TPSA) is 51.2 Å². The fourth-order valence-corrected chi connectivity index (χ4v) is 3.77. The van der Waals surface area contributed by atoms with Crippen LogP contribution in [0.3, 0.4) is 0 Å². The van der Waals surface area contributed by atoms with Crippen LogP contribution in [0.2, 0.25) is 0 Å². The van der Waals surface area contributed by atoms with Crippen LogP contribution in [0.5, 0.6) is 5.88 Å². The van der Waals surface area contributed by atoms with Crippen molar-refractivity contribution < 1.29 is 22.7 Å². The summed E-state index contributed by atoms with van der Waals surface area (Å²) >= 11 is 0. The van der Waals surface area contributed by atoms with Crippen LogP contribution >= 0.6 is 0 Å². The highest BCUT2D eigenvalue weighted by atomic mass is 19.4. The van der Waals surface area contributed by atoms with Crippen LogP contribution in [0.1, 0.15) is 31.2 Å². The van der Waals surface area contributed by atoms with Gasteiger partial charge in [-0.3, -0.25) is 4.79 Å². The molecule has 7 heteroatoms. The lowest BCUT2D eigenvalue weighted by molar-refractivity contribution is -0.183. The summed E-state index contributed by atoms with van der Waals surface area (Å²) in [5.41, 5.74) is 2.49. The van der Waals surface area contributed by atoms with Gasteiger partial charge in [-0.2, -0.15) is 13.2 Å². The molecule has 4 nitrogen and oxygen atoms in total. The van der Waals surface area contributed by atoms with E-state index in [1.165, 1.54) is 13.2 Å². The first-order chi connectivity index (χ1) is 14.8. The van der Waals surface area contributed by atoms with Gasteiger partial charge in [-0.05, 0) is 43.7 Å². The molecule has 31 heavy (non-hydrogen) atoms. The molecule has 2 aromatic rings. The van der Waals surface area contributed by atoms with E-state index >= 15 is 0 Å². The SMILES string of the molecule is C=CC(=O)Nc1cc(/C=C/C2CCC(C(F)(F)F)CC2)c(OC)nc1-c1ccccc1. The molecule has 1 aromatic heterocycles. The smallest absolute Gasteiger partial charge is 0.391 e. The summed E-state index contributed by atoms with van der Waals surface area (Å²) in [6.07, 6.45) is 2.03. The lowest BCUT2D eigenvalue weighted by Crippen LogP contribution is -2.27. The number of aromatic nitrogens is 1. The Balaban J connectivity index is 1.88. The van der Waals surface area contributed by atoms with Gasteiger partial charge in [0.1, 0.15) is 0 Å². The van der Waals surface area contributed by atoms with E-state index in [-0.39, 0.29) is 24.7 Å². The Morgan fingerprint density at radius 3 is 2.45 bits per heavy atom. The summed E-state index contributed by atoms with van der Waals surface area (Å²) in [4.78, 5) is 16.5. The van der Waals surface area contributed by atoms with Crippen LogP contribution in [0, 0.1) is 11.8 Å². The molecule has 164 valence electrons. The number of methoxy groups -OCH3 is 1. The van der Waals surface area contributed by atoms with Crippen molar-refractivity contribution in [1.29, 1.82) is 0 Å². The van der Waals surface area contributed by atoms with Gasteiger partial charge in [0.05, 0.1) is 24.4 Å². The molecular formula is C24H25F3N2O2. The van der Waals surface area contributed by atoms with Crippen molar-refractivity contribution in [3.63, 3.8) is 0 Å². The number of anilines is 1. The minimum atomic E-state index is -4.12. The van der Waals surface area contributed by atoms with Gasteiger partial charge in [0, 0.05) is 11.1 Å². The second-order valence-corrected chi connectivity index (χ2v) is 7.55. The number of pyridine rings is 1. The molecule has 1 amide bonds. The third kappa shape index (κ3) is 5.75. The number of amides is 1. The molecular weight excluding hydrogens is 405 g/mol. The number of halogens is 3. The summed E-state index contributed by atoms with van der Waals surface area (Å²) < 4.78 is 44.1. The monoisotopic (exact) mass is 430 g/mol. The van der Waals surface area contributed by atoms with Crippen molar-refractivity contribution in [2.45, 2.75) is 31.9 Å². The normalized spacial score (nSPS) is 19.2. The summed E-state index contributed by atoms with van der Waals surface area (Å²) in [6.45, 7) is 3.48. The Kier molecular flexibility index (Phi) is 7.15. The third-order valence-corrected chi connectivity index (χ3v) is 5.48. The molecule has 1 aromatic carbocycles. The van der Waals surface area contributed by atoms with E-state index in [1.807, 2.05) is 42.5 Å². The van der Waals surface area contributed by atoms with Gasteiger partial charge < -0.3 is 10.1 Å². The third-order valence-electron chi connectivity index (χ3n) is 5.48. The molecule has 0 atom stereocenters. The van der Waals surface area contributed by atoms with E-state index in [9.17, 15) is 18.0 Å². The minimum Gasteiger partial charge on any atom is -0.481 e. The first-order valence-corrected chi connectivity index (χ1v) is 10.1. The highest BCUT2D eigenvalue weighted by Gasteiger charge is 2.40. The van der Waals surface area contributed by atoms with E-state index in [0.717, 1.165) is 5.56 Å². The first kappa shape index (κ1) is 22.6. The number of nitrogens with zero attached hydrogens (tertiary/aromatic N) is 1. The second-order valence-electron chi connectivity index (χ2n) is 7.55. The number of carbonyl (C=O) groups excluding carboxylic acids is 1. The summed E-state index contributed by atoms with van der Waals surface area (Å²) in [5, 5.41) is 2.78. The van der Waals surface area contributed by atoms with Crippen molar-refractivity contribution in [2.75, 3.05) is 12.4 Å². The van der Waals surface area contributed by atoms with Gasteiger partial charge in [-0.1, -0.05) is 49.1 Å². The highest BCUT2D eigenvalue weighted by Crippen LogP contribution is 2.40. The van der Waals surface area contributed by atoms with Gasteiger partial charge in [0.15, 0.2) is 0 Å². The number of nitrogens with one attached hydrogen (secondary N) is 1. The Labute approximate surface area is 179 Å².